The Balaban J connectivity index is 2.03. The van der Waals surface area contributed by atoms with Gasteiger partial charge in [-0.05, 0) is 19.1 Å². The number of carbonyl (C=O) groups is 1. The third-order valence-corrected chi connectivity index (χ3v) is 4.17. The van der Waals surface area contributed by atoms with Gasteiger partial charge in [0.15, 0.2) is 5.11 Å². The number of rotatable bonds is 4. The van der Waals surface area contributed by atoms with Gasteiger partial charge in [0.05, 0.1) is 5.69 Å². The monoisotopic (exact) mass is 332 g/mol. The van der Waals surface area contributed by atoms with Crippen molar-refractivity contribution in [3.8, 4) is 10.6 Å². The van der Waals surface area contributed by atoms with Gasteiger partial charge in [0, 0.05) is 12.1 Å². The van der Waals surface area contributed by atoms with Crippen LogP contribution in [-0.2, 0) is 0 Å². The molecule has 0 unspecified atom stereocenters. The number of carbonyl (C=O) groups excluding carboxylic acids is 1. The van der Waals surface area contributed by atoms with E-state index < -0.39 is 0 Å². The highest BCUT2D eigenvalue weighted by Gasteiger charge is 2.16. The van der Waals surface area contributed by atoms with E-state index in [-0.39, 0.29) is 5.91 Å². The molecule has 0 aliphatic carbocycles. The highest BCUT2D eigenvalue weighted by molar-refractivity contribution is 7.80. The van der Waals surface area contributed by atoms with Gasteiger partial charge in [-0.25, -0.2) is 4.98 Å². The standard InChI is InChI=1S/C15H16N4OS2/c1-3-9-16-15(21)19-18-13(20)12-10(2)17-14(22-12)11-7-5-4-6-8-11/h3-8H,1,9H2,2H3,(H,18,20)(H2,16,19,21). The van der Waals surface area contributed by atoms with Gasteiger partial charge in [0.25, 0.3) is 5.91 Å². The van der Waals surface area contributed by atoms with Crippen molar-refractivity contribution in [2.45, 2.75) is 6.92 Å². The zero-order valence-corrected chi connectivity index (χ0v) is 13.7. The maximum absolute atomic E-state index is 12.2. The van der Waals surface area contributed by atoms with Crippen LogP contribution in [0.4, 0.5) is 0 Å². The summed E-state index contributed by atoms with van der Waals surface area (Å²) in [7, 11) is 0. The van der Waals surface area contributed by atoms with E-state index in [9.17, 15) is 4.79 Å². The molecule has 5 nitrogen and oxygen atoms in total. The third-order valence-electron chi connectivity index (χ3n) is 2.72. The lowest BCUT2D eigenvalue weighted by molar-refractivity contribution is 0.0947. The average Bonchev–Trinajstić information content (AvgIpc) is 2.93. The molecule has 0 bridgehead atoms. The number of thiocarbonyl (C=S) groups is 1. The van der Waals surface area contributed by atoms with Crippen LogP contribution >= 0.6 is 23.6 Å². The number of aryl methyl sites for hydroxylation is 1. The molecule has 7 heteroatoms. The summed E-state index contributed by atoms with van der Waals surface area (Å²) in [6.07, 6.45) is 1.68. The fourth-order valence-corrected chi connectivity index (χ4v) is 2.79. The molecule has 0 spiro atoms. The Bertz CT molecular complexity index is 682. The zero-order valence-electron chi connectivity index (χ0n) is 12.1. The first-order chi connectivity index (χ1) is 10.6. The fourth-order valence-electron chi connectivity index (χ4n) is 1.69. The topological polar surface area (TPSA) is 66.0 Å². The van der Waals surface area contributed by atoms with E-state index in [4.69, 9.17) is 12.2 Å². The second-order valence-corrected chi connectivity index (χ2v) is 5.78. The van der Waals surface area contributed by atoms with Crippen LogP contribution in [0.3, 0.4) is 0 Å². The molecule has 0 saturated carbocycles. The summed E-state index contributed by atoms with van der Waals surface area (Å²) >= 11 is 6.35. The maximum atomic E-state index is 12.2. The average molecular weight is 332 g/mol. The molecule has 0 fully saturated rings. The van der Waals surface area contributed by atoms with Crippen molar-refractivity contribution in [1.29, 1.82) is 0 Å². The minimum atomic E-state index is -0.264. The molecule has 1 aromatic carbocycles. The van der Waals surface area contributed by atoms with E-state index in [0.717, 1.165) is 10.6 Å². The van der Waals surface area contributed by atoms with Crippen LogP contribution in [0.5, 0.6) is 0 Å². The molecule has 1 heterocycles. The van der Waals surface area contributed by atoms with Gasteiger partial charge in [-0.3, -0.25) is 15.6 Å². The number of nitrogens with one attached hydrogen (secondary N) is 3. The maximum Gasteiger partial charge on any atom is 0.281 e. The quantitative estimate of drug-likeness (QED) is 0.456. The smallest absolute Gasteiger partial charge is 0.281 e. The van der Waals surface area contributed by atoms with Gasteiger partial charge in [0.1, 0.15) is 9.88 Å². The second-order valence-electron chi connectivity index (χ2n) is 4.38. The summed E-state index contributed by atoms with van der Waals surface area (Å²) in [5.41, 5.74) is 6.88. The molecule has 0 saturated heterocycles. The predicted molar refractivity (Wildman–Crippen MR) is 93.7 cm³/mol. The van der Waals surface area contributed by atoms with E-state index in [0.29, 0.717) is 22.2 Å². The molecule has 2 rings (SSSR count). The Hall–Kier alpha value is -2.25. The van der Waals surface area contributed by atoms with Crippen LogP contribution < -0.4 is 16.2 Å². The summed E-state index contributed by atoms with van der Waals surface area (Å²) in [4.78, 5) is 17.2. The van der Waals surface area contributed by atoms with Gasteiger partial charge in [-0.1, -0.05) is 36.4 Å². The Morgan fingerprint density at radius 2 is 2.09 bits per heavy atom. The molecule has 0 radical (unpaired) electrons. The lowest BCUT2D eigenvalue weighted by Gasteiger charge is -2.09. The highest BCUT2D eigenvalue weighted by Crippen LogP contribution is 2.27. The van der Waals surface area contributed by atoms with Gasteiger partial charge < -0.3 is 5.32 Å². The number of thiazole rings is 1. The lowest BCUT2D eigenvalue weighted by atomic mass is 10.2. The van der Waals surface area contributed by atoms with Crippen LogP contribution in [0.15, 0.2) is 43.0 Å². The van der Waals surface area contributed by atoms with Crippen molar-refractivity contribution in [1.82, 2.24) is 21.2 Å². The van der Waals surface area contributed by atoms with Crippen LogP contribution in [0.25, 0.3) is 10.6 Å². The van der Waals surface area contributed by atoms with Crippen LogP contribution in [-0.4, -0.2) is 22.5 Å². The SMILES string of the molecule is C=CCNC(=S)NNC(=O)c1sc(-c2ccccc2)nc1C. The van der Waals surface area contributed by atoms with Crippen molar-refractivity contribution in [2.24, 2.45) is 0 Å². The Morgan fingerprint density at radius 3 is 2.77 bits per heavy atom. The zero-order chi connectivity index (χ0) is 15.9. The van der Waals surface area contributed by atoms with Gasteiger partial charge in [0.2, 0.25) is 0 Å². The van der Waals surface area contributed by atoms with Crippen LogP contribution in [0.2, 0.25) is 0 Å². The summed E-state index contributed by atoms with van der Waals surface area (Å²) in [6, 6.07) is 9.76. The van der Waals surface area contributed by atoms with Crippen LogP contribution in [0, 0.1) is 6.92 Å². The van der Waals surface area contributed by atoms with E-state index in [2.05, 4.69) is 27.7 Å². The minimum absolute atomic E-state index is 0.264. The van der Waals surface area contributed by atoms with Crippen molar-refractivity contribution in [3.05, 3.63) is 53.6 Å². The molecule has 2 aromatic rings. The molecule has 1 amide bonds. The summed E-state index contributed by atoms with van der Waals surface area (Å²) in [6.45, 7) is 5.91. The van der Waals surface area contributed by atoms with Crippen LogP contribution in [0.1, 0.15) is 15.4 Å². The molecule has 22 heavy (non-hydrogen) atoms. The normalized spacial score (nSPS) is 9.86. The molecule has 114 valence electrons. The van der Waals surface area contributed by atoms with Crippen molar-refractivity contribution in [2.75, 3.05) is 6.54 Å². The highest BCUT2D eigenvalue weighted by atomic mass is 32.1. The van der Waals surface area contributed by atoms with E-state index >= 15 is 0 Å². The largest absolute Gasteiger partial charge is 0.358 e. The number of hydrazine groups is 1. The molecule has 1 aromatic heterocycles. The summed E-state index contributed by atoms with van der Waals surface area (Å²) in [5.74, 6) is -0.264. The Morgan fingerprint density at radius 1 is 1.36 bits per heavy atom. The molecule has 0 aliphatic rings. The van der Waals surface area contributed by atoms with Gasteiger partial charge >= 0.3 is 0 Å². The van der Waals surface area contributed by atoms with Crippen molar-refractivity contribution >= 4 is 34.6 Å². The van der Waals surface area contributed by atoms with E-state index in [1.54, 1.807) is 6.08 Å². The van der Waals surface area contributed by atoms with Gasteiger partial charge in [-0.2, -0.15) is 0 Å². The first-order valence-electron chi connectivity index (χ1n) is 6.59. The second kappa shape index (κ2) is 7.67. The van der Waals surface area contributed by atoms with Crippen molar-refractivity contribution < 1.29 is 4.79 Å². The number of hydrogen-bond donors (Lipinski definition) is 3. The minimum Gasteiger partial charge on any atom is -0.358 e. The van der Waals surface area contributed by atoms with E-state index in [1.165, 1.54) is 11.3 Å². The molecular formula is C15H16N4OS2. The molecule has 0 atom stereocenters. The fraction of sp³-hybridized carbons (Fsp3) is 0.133. The lowest BCUT2D eigenvalue weighted by Crippen LogP contribution is -2.46. The molecule has 3 N–H and O–H groups in total. The number of amides is 1. The summed E-state index contributed by atoms with van der Waals surface area (Å²) < 4.78 is 0. The molecule has 0 aliphatic heterocycles. The predicted octanol–water partition coefficient (Wildman–Crippen LogP) is 2.41. The number of nitrogens with zero attached hydrogens (tertiary/aromatic N) is 1. The first kappa shape index (κ1) is 16.1. The third kappa shape index (κ3) is 4.12. The number of aromatic nitrogens is 1. The number of hydrogen-bond acceptors (Lipinski definition) is 4. The first-order valence-corrected chi connectivity index (χ1v) is 7.82. The van der Waals surface area contributed by atoms with Gasteiger partial charge in [-0.15, -0.1) is 17.9 Å². The van der Waals surface area contributed by atoms with Crippen molar-refractivity contribution in [3.63, 3.8) is 0 Å². The summed E-state index contributed by atoms with van der Waals surface area (Å²) in [5, 5.41) is 4.01. The number of benzene rings is 1. The molecular weight excluding hydrogens is 316 g/mol. The van der Waals surface area contributed by atoms with E-state index in [1.807, 2.05) is 37.3 Å². The Labute approximate surface area is 138 Å². The Kier molecular flexibility index (Phi) is 5.62.